The van der Waals surface area contributed by atoms with E-state index < -0.39 is 0 Å². The van der Waals surface area contributed by atoms with Crippen molar-refractivity contribution in [3.05, 3.63) is 6.42 Å². The normalized spacial score (nSPS) is 10.0. The average molecular weight is 143 g/mol. The molecule has 0 aromatic heterocycles. The summed E-state index contributed by atoms with van der Waals surface area (Å²) >= 11 is 0. The molecular formula is C7H15N2O. The molecular weight excluding hydrogens is 128 g/mol. The molecule has 0 aliphatic rings. The molecule has 59 valence electrons. The van der Waals surface area contributed by atoms with Crippen LogP contribution in [0, 0.1) is 6.42 Å². The van der Waals surface area contributed by atoms with E-state index in [1.807, 2.05) is 18.9 Å². The molecule has 0 saturated heterocycles. The van der Waals surface area contributed by atoms with Crippen molar-refractivity contribution < 1.29 is 4.79 Å². The van der Waals surface area contributed by atoms with E-state index in [2.05, 4.69) is 5.43 Å². The summed E-state index contributed by atoms with van der Waals surface area (Å²) in [5.41, 5.74) is 2.70. The topological polar surface area (TPSA) is 32.3 Å². The summed E-state index contributed by atoms with van der Waals surface area (Å²) in [6, 6.07) is 0. The van der Waals surface area contributed by atoms with Gasteiger partial charge in [-0.3, -0.25) is 10.2 Å². The Morgan fingerprint density at radius 1 is 1.50 bits per heavy atom. The van der Waals surface area contributed by atoms with Gasteiger partial charge in [-0.25, -0.2) is 5.01 Å². The van der Waals surface area contributed by atoms with Crippen LogP contribution in [0.5, 0.6) is 0 Å². The van der Waals surface area contributed by atoms with E-state index in [0.717, 1.165) is 13.1 Å². The zero-order valence-corrected chi connectivity index (χ0v) is 6.85. The molecule has 0 aliphatic heterocycles. The lowest BCUT2D eigenvalue weighted by molar-refractivity contribution is -0.122. The van der Waals surface area contributed by atoms with Crippen LogP contribution < -0.4 is 5.43 Å². The maximum atomic E-state index is 10.7. The fraction of sp³-hybridized carbons (Fsp3) is 0.714. The Balaban J connectivity index is 3.52. The van der Waals surface area contributed by atoms with E-state index in [4.69, 9.17) is 0 Å². The van der Waals surface area contributed by atoms with Gasteiger partial charge in [-0.15, -0.1) is 0 Å². The van der Waals surface area contributed by atoms with Gasteiger partial charge in [-0.1, -0.05) is 20.8 Å². The van der Waals surface area contributed by atoms with Crippen LogP contribution in [0.4, 0.5) is 0 Å². The van der Waals surface area contributed by atoms with Crippen molar-refractivity contribution in [1.82, 2.24) is 10.4 Å². The fourth-order valence-electron chi connectivity index (χ4n) is 0.602. The highest BCUT2D eigenvalue weighted by molar-refractivity contribution is 5.83. The molecule has 0 spiro atoms. The number of nitrogens with zero attached hydrogens (tertiary/aromatic N) is 1. The molecule has 0 heterocycles. The second kappa shape index (κ2) is 5.23. The molecule has 0 fully saturated rings. The van der Waals surface area contributed by atoms with Gasteiger partial charge in [0.05, 0.1) is 0 Å². The lowest BCUT2D eigenvalue weighted by Crippen LogP contribution is -2.41. The zero-order chi connectivity index (χ0) is 7.98. The highest BCUT2D eigenvalue weighted by Gasteiger charge is 2.01. The van der Waals surface area contributed by atoms with Gasteiger partial charge in [0.15, 0.2) is 0 Å². The van der Waals surface area contributed by atoms with E-state index >= 15 is 0 Å². The molecule has 3 nitrogen and oxygen atoms in total. The molecule has 0 rings (SSSR count). The molecule has 0 atom stereocenters. The van der Waals surface area contributed by atoms with Crippen molar-refractivity contribution >= 4 is 5.91 Å². The number of amides is 1. The highest BCUT2D eigenvalue weighted by atomic mass is 16.2. The standard InChI is InChI=1S/C7H15N2O/c1-4-7(10)8-9(5-2)6-3/h4H,5-6H2,1-3H3,(H,8,10). The van der Waals surface area contributed by atoms with Crippen LogP contribution >= 0.6 is 0 Å². The largest absolute Gasteiger partial charge is 0.289 e. The van der Waals surface area contributed by atoms with Crippen LogP contribution in [0.25, 0.3) is 0 Å². The Kier molecular flexibility index (Phi) is 4.94. The van der Waals surface area contributed by atoms with E-state index in [1.54, 1.807) is 6.92 Å². The first-order valence-electron chi connectivity index (χ1n) is 3.59. The Labute approximate surface area is 62.4 Å². The Morgan fingerprint density at radius 2 is 2.00 bits per heavy atom. The lowest BCUT2D eigenvalue weighted by atomic mass is 10.5. The average Bonchev–Trinajstić information content (AvgIpc) is 1.99. The highest BCUT2D eigenvalue weighted by Crippen LogP contribution is 1.81. The van der Waals surface area contributed by atoms with Gasteiger partial charge in [-0.05, 0) is 0 Å². The molecule has 0 unspecified atom stereocenters. The monoisotopic (exact) mass is 143 g/mol. The van der Waals surface area contributed by atoms with Gasteiger partial charge in [0.25, 0.3) is 0 Å². The van der Waals surface area contributed by atoms with E-state index in [0.29, 0.717) is 0 Å². The molecule has 1 N–H and O–H groups in total. The summed E-state index contributed by atoms with van der Waals surface area (Å²) in [5.74, 6) is -0.0382. The number of nitrogens with one attached hydrogen (secondary N) is 1. The van der Waals surface area contributed by atoms with E-state index in [9.17, 15) is 4.79 Å². The van der Waals surface area contributed by atoms with Crippen LogP contribution in [-0.2, 0) is 4.79 Å². The van der Waals surface area contributed by atoms with Crippen molar-refractivity contribution in [3.63, 3.8) is 0 Å². The van der Waals surface area contributed by atoms with Crippen LogP contribution in [0.2, 0.25) is 0 Å². The minimum atomic E-state index is -0.0382. The third kappa shape index (κ3) is 3.45. The van der Waals surface area contributed by atoms with Crippen LogP contribution in [0.15, 0.2) is 0 Å². The quantitative estimate of drug-likeness (QED) is 0.584. The number of hydrogen-bond acceptors (Lipinski definition) is 2. The number of hydrogen-bond donors (Lipinski definition) is 1. The number of rotatable bonds is 4. The Hall–Kier alpha value is -0.570. The number of carbonyl (C=O) groups excluding carboxylic acids is 1. The predicted molar refractivity (Wildman–Crippen MR) is 41.0 cm³/mol. The van der Waals surface area contributed by atoms with Crippen molar-refractivity contribution in [1.29, 1.82) is 0 Å². The summed E-state index contributed by atoms with van der Waals surface area (Å²) in [6.45, 7) is 7.41. The maximum Gasteiger partial charge on any atom is 0.237 e. The molecule has 10 heavy (non-hydrogen) atoms. The van der Waals surface area contributed by atoms with Crippen LogP contribution in [0.3, 0.4) is 0 Å². The van der Waals surface area contributed by atoms with Gasteiger partial charge < -0.3 is 0 Å². The summed E-state index contributed by atoms with van der Waals surface area (Å²) in [7, 11) is 0. The summed E-state index contributed by atoms with van der Waals surface area (Å²) in [5, 5.41) is 1.85. The van der Waals surface area contributed by atoms with Crippen molar-refractivity contribution in [2.24, 2.45) is 0 Å². The van der Waals surface area contributed by atoms with Gasteiger partial charge >= 0.3 is 0 Å². The van der Waals surface area contributed by atoms with E-state index in [-0.39, 0.29) is 5.91 Å². The third-order valence-electron chi connectivity index (χ3n) is 1.29. The van der Waals surface area contributed by atoms with Crippen molar-refractivity contribution in [2.75, 3.05) is 13.1 Å². The van der Waals surface area contributed by atoms with Crippen molar-refractivity contribution in [2.45, 2.75) is 20.8 Å². The number of carbonyl (C=O) groups is 1. The molecule has 1 amide bonds. The Morgan fingerprint density at radius 3 is 2.30 bits per heavy atom. The van der Waals surface area contributed by atoms with Crippen LogP contribution in [0.1, 0.15) is 20.8 Å². The fourth-order valence-corrected chi connectivity index (χ4v) is 0.602. The summed E-state index contributed by atoms with van der Waals surface area (Å²) in [6.07, 6.45) is 1.51. The summed E-state index contributed by atoms with van der Waals surface area (Å²) in [4.78, 5) is 10.7. The Bertz CT molecular complexity index is 99.8. The first-order valence-corrected chi connectivity index (χ1v) is 3.59. The smallest absolute Gasteiger partial charge is 0.237 e. The second-order valence-corrected chi connectivity index (χ2v) is 1.94. The third-order valence-corrected chi connectivity index (χ3v) is 1.29. The molecule has 0 saturated carbocycles. The van der Waals surface area contributed by atoms with Gasteiger partial charge in [0.2, 0.25) is 5.91 Å². The maximum absolute atomic E-state index is 10.7. The molecule has 1 radical (unpaired) electrons. The van der Waals surface area contributed by atoms with Gasteiger partial charge in [-0.2, -0.15) is 0 Å². The van der Waals surface area contributed by atoms with Crippen molar-refractivity contribution in [3.8, 4) is 0 Å². The van der Waals surface area contributed by atoms with Gasteiger partial charge in [0, 0.05) is 19.5 Å². The molecule has 0 bridgehead atoms. The first kappa shape index (κ1) is 9.43. The van der Waals surface area contributed by atoms with Crippen LogP contribution in [-0.4, -0.2) is 24.0 Å². The minimum absolute atomic E-state index is 0.0382. The second-order valence-electron chi connectivity index (χ2n) is 1.94. The minimum Gasteiger partial charge on any atom is -0.289 e. The molecule has 0 aromatic carbocycles. The van der Waals surface area contributed by atoms with E-state index in [1.165, 1.54) is 6.42 Å². The predicted octanol–water partition coefficient (Wildman–Crippen LogP) is 0.584. The number of hydrazine groups is 1. The molecule has 0 aromatic rings. The van der Waals surface area contributed by atoms with Gasteiger partial charge in [0.1, 0.15) is 0 Å². The molecule has 3 heteroatoms. The zero-order valence-electron chi connectivity index (χ0n) is 6.85. The summed E-state index contributed by atoms with van der Waals surface area (Å²) < 4.78 is 0. The lowest BCUT2D eigenvalue weighted by Gasteiger charge is -2.18. The molecule has 0 aliphatic carbocycles. The first-order chi connectivity index (χ1) is 4.74. The SMILES string of the molecule is C[CH]C(=O)NN(CC)CC.